The highest BCUT2D eigenvalue weighted by molar-refractivity contribution is 5.53. The Morgan fingerprint density at radius 2 is 1.37 bits per heavy atom. The van der Waals surface area contributed by atoms with Crippen LogP contribution in [0.15, 0.2) is 135 Å². The fourth-order valence-electron chi connectivity index (χ4n) is 2.08. The second kappa shape index (κ2) is 18.1. The van der Waals surface area contributed by atoms with Crippen LogP contribution in [-0.4, -0.2) is 19.3 Å². The lowest BCUT2D eigenvalue weighted by Gasteiger charge is -2.16. The molecule has 0 fully saturated rings. The molecule has 0 N–H and O–H groups in total. The van der Waals surface area contributed by atoms with Crippen LogP contribution in [-0.2, 0) is 9.47 Å². The minimum absolute atomic E-state index is 0.00772. The van der Waals surface area contributed by atoms with Crippen LogP contribution in [0.4, 0.5) is 13.2 Å². The van der Waals surface area contributed by atoms with Gasteiger partial charge in [0.1, 0.15) is 12.4 Å². The molecule has 0 aromatic carbocycles. The van der Waals surface area contributed by atoms with E-state index in [1.54, 1.807) is 6.92 Å². The second-order valence-corrected chi connectivity index (χ2v) is 7.55. The summed E-state index contributed by atoms with van der Waals surface area (Å²) in [6.07, 6.45) is 5.94. The van der Waals surface area contributed by atoms with Crippen molar-refractivity contribution >= 4 is 0 Å². The van der Waals surface area contributed by atoms with Crippen molar-refractivity contribution in [1.82, 2.24) is 0 Å². The number of hydrogen-bond acceptors (Lipinski definition) is 2. The number of halogens is 3. The van der Waals surface area contributed by atoms with E-state index in [1.165, 1.54) is 24.3 Å². The molecule has 0 aliphatic heterocycles. The summed E-state index contributed by atoms with van der Waals surface area (Å²) < 4.78 is 53.5. The lowest BCUT2D eigenvalue weighted by atomic mass is 10.0. The SMILES string of the molecule is C=C.C=CCOC(=C)/C(F)=C(/F)C(=C)C(=C)/C=C\C(=C)C(=C)/C(F)=C\C(=C)C(C)OCC(C)CC. The van der Waals surface area contributed by atoms with Crippen molar-refractivity contribution in [2.75, 3.05) is 13.2 Å². The molecule has 5 heteroatoms. The summed E-state index contributed by atoms with van der Waals surface area (Å²) in [6.45, 7) is 37.6. The predicted molar refractivity (Wildman–Crippen MR) is 145 cm³/mol. The highest BCUT2D eigenvalue weighted by Gasteiger charge is 2.16. The largest absolute Gasteiger partial charge is 0.487 e. The fraction of sp³-hybridized carbons (Fsp3) is 0.267. The standard InChI is InChI=1S/C28H35F3O2.C2H4/c1-11-15-32-25(10)28(31)27(30)23(8)20(5)14-13-19(4)22(7)26(29)16-21(6)24(9)33-17-18(3)12-2;1-2/h11,13-14,16,18,24H,1,4-8,10,12,15,17H2,2-3,9H3;1-2H2/b14-13-,26-16+,28-27-;. The van der Waals surface area contributed by atoms with Gasteiger partial charge in [-0.2, -0.15) is 4.39 Å². The molecule has 0 aliphatic carbocycles. The van der Waals surface area contributed by atoms with Crippen molar-refractivity contribution in [2.45, 2.75) is 33.3 Å². The van der Waals surface area contributed by atoms with Crippen molar-refractivity contribution in [2.24, 2.45) is 5.92 Å². The number of ether oxygens (including phenoxy) is 2. The lowest BCUT2D eigenvalue weighted by molar-refractivity contribution is 0.0663. The maximum atomic E-state index is 14.6. The number of allylic oxidation sites excluding steroid dienone is 9. The predicted octanol–water partition coefficient (Wildman–Crippen LogP) is 9.30. The Hall–Kier alpha value is -3.31. The van der Waals surface area contributed by atoms with Gasteiger partial charge in [0, 0.05) is 17.8 Å². The normalized spacial score (nSPS) is 13.5. The van der Waals surface area contributed by atoms with Crippen molar-refractivity contribution in [1.29, 1.82) is 0 Å². The Kier molecular flexibility index (Phi) is 17.5. The summed E-state index contributed by atoms with van der Waals surface area (Å²) in [4.78, 5) is 0. The summed E-state index contributed by atoms with van der Waals surface area (Å²) in [5.74, 6) is -3.29. The molecule has 0 radical (unpaired) electrons. The van der Waals surface area contributed by atoms with Crippen LogP contribution in [0.25, 0.3) is 0 Å². The average Bonchev–Trinajstić information content (AvgIpc) is 2.87. The lowest BCUT2D eigenvalue weighted by Crippen LogP contribution is -2.15. The molecule has 2 atom stereocenters. The van der Waals surface area contributed by atoms with Gasteiger partial charge in [-0.15, -0.1) is 13.2 Å². The van der Waals surface area contributed by atoms with Crippen LogP contribution >= 0.6 is 0 Å². The molecule has 0 saturated heterocycles. The maximum Gasteiger partial charge on any atom is 0.200 e. The van der Waals surface area contributed by atoms with Crippen LogP contribution < -0.4 is 0 Å². The number of rotatable bonds is 16. The zero-order chi connectivity index (χ0) is 27.7. The van der Waals surface area contributed by atoms with Gasteiger partial charge in [0.25, 0.3) is 0 Å². The minimum atomic E-state index is -1.29. The van der Waals surface area contributed by atoms with Gasteiger partial charge in [0.05, 0.1) is 6.10 Å². The summed E-state index contributed by atoms with van der Waals surface area (Å²) in [5.41, 5.74) is 0.403. The molecule has 0 aliphatic rings. The van der Waals surface area contributed by atoms with E-state index >= 15 is 0 Å². The van der Waals surface area contributed by atoms with Crippen LogP contribution in [0, 0.1) is 5.92 Å². The molecule has 0 amide bonds. The Balaban J connectivity index is 0. The third-order valence-corrected chi connectivity index (χ3v) is 4.79. The smallest absolute Gasteiger partial charge is 0.200 e. The summed E-state index contributed by atoms with van der Waals surface area (Å²) in [7, 11) is 0. The monoisotopic (exact) mass is 488 g/mol. The van der Waals surface area contributed by atoms with E-state index in [1.807, 2.05) is 0 Å². The molecule has 35 heavy (non-hydrogen) atoms. The summed E-state index contributed by atoms with van der Waals surface area (Å²) in [5, 5.41) is 0. The molecule has 0 bridgehead atoms. The van der Waals surface area contributed by atoms with Crippen molar-refractivity contribution in [3.8, 4) is 0 Å². The first-order chi connectivity index (χ1) is 16.4. The zero-order valence-electron chi connectivity index (χ0n) is 21.4. The first-order valence-corrected chi connectivity index (χ1v) is 11.0. The molecule has 2 unspecified atom stereocenters. The topological polar surface area (TPSA) is 18.5 Å². The molecular weight excluding hydrogens is 449 g/mol. The van der Waals surface area contributed by atoms with E-state index in [9.17, 15) is 13.2 Å². The minimum Gasteiger partial charge on any atom is -0.487 e. The van der Waals surface area contributed by atoms with Gasteiger partial charge in [-0.3, -0.25) is 0 Å². The van der Waals surface area contributed by atoms with Crippen LogP contribution in [0.1, 0.15) is 27.2 Å². The molecule has 192 valence electrons. The van der Waals surface area contributed by atoms with E-state index in [-0.39, 0.29) is 35.0 Å². The third kappa shape index (κ3) is 12.6. The molecular formula is C30H39F3O2. The first kappa shape index (κ1) is 33.9. The first-order valence-electron chi connectivity index (χ1n) is 11.0. The zero-order valence-corrected chi connectivity index (χ0v) is 21.4. The quantitative estimate of drug-likeness (QED) is 0.122. The second-order valence-electron chi connectivity index (χ2n) is 7.55. The van der Waals surface area contributed by atoms with Crippen LogP contribution in [0.3, 0.4) is 0 Å². The molecule has 0 saturated carbocycles. The maximum absolute atomic E-state index is 14.6. The van der Waals surface area contributed by atoms with E-state index in [4.69, 9.17) is 9.47 Å². The Labute approximate surface area is 209 Å². The van der Waals surface area contributed by atoms with E-state index in [2.05, 4.69) is 73.1 Å². The van der Waals surface area contributed by atoms with Gasteiger partial charge >= 0.3 is 0 Å². The van der Waals surface area contributed by atoms with Gasteiger partial charge < -0.3 is 9.47 Å². The number of hydrogen-bond donors (Lipinski definition) is 0. The summed E-state index contributed by atoms with van der Waals surface area (Å²) in [6, 6.07) is 0. The van der Waals surface area contributed by atoms with Gasteiger partial charge in [-0.25, -0.2) is 8.78 Å². The molecule has 0 rings (SSSR count). The van der Waals surface area contributed by atoms with Gasteiger partial charge in [-0.05, 0) is 35.6 Å². The Bertz CT molecular complexity index is 916. The van der Waals surface area contributed by atoms with Gasteiger partial charge in [0.2, 0.25) is 5.83 Å². The Morgan fingerprint density at radius 1 is 0.857 bits per heavy atom. The van der Waals surface area contributed by atoms with Crippen molar-refractivity contribution in [3.63, 3.8) is 0 Å². The van der Waals surface area contributed by atoms with E-state index in [0.29, 0.717) is 18.1 Å². The fourth-order valence-corrected chi connectivity index (χ4v) is 2.08. The van der Waals surface area contributed by atoms with Crippen molar-refractivity contribution in [3.05, 3.63) is 135 Å². The average molecular weight is 489 g/mol. The van der Waals surface area contributed by atoms with E-state index in [0.717, 1.165) is 6.42 Å². The van der Waals surface area contributed by atoms with Crippen molar-refractivity contribution < 1.29 is 22.6 Å². The summed E-state index contributed by atoms with van der Waals surface area (Å²) >= 11 is 0. The molecule has 0 aromatic heterocycles. The molecule has 0 heterocycles. The van der Waals surface area contributed by atoms with E-state index < -0.39 is 23.2 Å². The van der Waals surface area contributed by atoms with Gasteiger partial charge in [0.15, 0.2) is 11.6 Å². The van der Waals surface area contributed by atoms with Crippen LogP contribution in [0.5, 0.6) is 0 Å². The van der Waals surface area contributed by atoms with Gasteiger partial charge in [-0.1, -0.05) is 84.5 Å². The molecule has 0 spiro atoms. The third-order valence-electron chi connectivity index (χ3n) is 4.79. The highest BCUT2D eigenvalue weighted by atomic mass is 19.2. The highest BCUT2D eigenvalue weighted by Crippen LogP contribution is 2.28. The van der Waals surface area contributed by atoms with Crippen LogP contribution in [0.2, 0.25) is 0 Å². The molecule has 0 aromatic rings. The Morgan fingerprint density at radius 3 is 1.86 bits per heavy atom. The molecule has 2 nitrogen and oxygen atoms in total.